The van der Waals surface area contributed by atoms with Crippen LogP contribution in [0, 0.1) is 29.6 Å². The molecule has 1 aromatic heterocycles. The normalized spacial score (nSPS) is 40.6. The number of rotatable bonds is 2. The Labute approximate surface area is 116 Å². The van der Waals surface area contributed by atoms with E-state index in [1.165, 1.54) is 62.2 Å². The van der Waals surface area contributed by atoms with Crippen LogP contribution in [0.4, 0.5) is 0 Å². The molecule has 1 aromatic rings. The smallest absolute Gasteiger partial charge is 0.106 e. The fraction of sp³-hybridized carbons (Fsp3) is 0.824. The number of imidazole rings is 1. The van der Waals surface area contributed by atoms with Gasteiger partial charge in [-0.2, -0.15) is 0 Å². The molecule has 2 nitrogen and oxygen atoms in total. The van der Waals surface area contributed by atoms with Gasteiger partial charge in [-0.15, -0.1) is 0 Å². The van der Waals surface area contributed by atoms with Gasteiger partial charge in [-0.05, 0) is 61.7 Å². The van der Waals surface area contributed by atoms with Crippen LogP contribution in [0.5, 0.6) is 0 Å². The van der Waals surface area contributed by atoms with Crippen molar-refractivity contribution >= 4 is 0 Å². The Morgan fingerprint density at radius 3 is 2.68 bits per heavy atom. The van der Waals surface area contributed by atoms with E-state index in [0.717, 1.165) is 29.6 Å². The van der Waals surface area contributed by atoms with Gasteiger partial charge in [0.25, 0.3) is 0 Å². The Morgan fingerprint density at radius 2 is 1.95 bits per heavy atom. The second-order valence-electron chi connectivity index (χ2n) is 7.61. The molecule has 2 fully saturated rings. The van der Waals surface area contributed by atoms with E-state index >= 15 is 0 Å². The van der Waals surface area contributed by atoms with Gasteiger partial charge < -0.3 is 4.98 Å². The molecule has 4 rings (SSSR count). The molecule has 5 atom stereocenters. The minimum atomic E-state index is 0.797. The average molecular weight is 258 g/mol. The van der Waals surface area contributed by atoms with Gasteiger partial charge >= 0.3 is 0 Å². The molecule has 2 saturated carbocycles. The van der Waals surface area contributed by atoms with E-state index in [-0.39, 0.29) is 0 Å². The molecule has 1 N–H and O–H groups in total. The molecule has 0 spiro atoms. The lowest BCUT2D eigenvalue weighted by molar-refractivity contribution is 0.327. The van der Waals surface area contributed by atoms with Crippen LogP contribution < -0.4 is 0 Å². The summed E-state index contributed by atoms with van der Waals surface area (Å²) < 4.78 is 0. The lowest BCUT2D eigenvalue weighted by atomic mass is 9.82. The topological polar surface area (TPSA) is 28.7 Å². The molecule has 5 unspecified atom stereocenters. The summed E-state index contributed by atoms with van der Waals surface area (Å²) in [6.45, 7) is 4.75. The Bertz CT molecular complexity index is 448. The number of hydrogen-bond donors (Lipinski definition) is 1. The predicted octanol–water partition coefficient (Wildman–Crippen LogP) is 3.76. The van der Waals surface area contributed by atoms with Gasteiger partial charge in [0, 0.05) is 12.1 Å². The van der Waals surface area contributed by atoms with Gasteiger partial charge in [0.2, 0.25) is 0 Å². The van der Waals surface area contributed by atoms with E-state index in [1.54, 1.807) is 0 Å². The minimum Gasteiger partial charge on any atom is -0.346 e. The van der Waals surface area contributed by atoms with E-state index < -0.39 is 0 Å². The van der Waals surface area contributed by atoms with Crippen molar-refractivity contribution in [1.29, 1.82) is 0 Å². The van der Waals surface area contributed by atoms with Gasteiger partial charge in [0.15, 0.2) is 0 Å². The number of hydrogen-bond acceptors (Lipinski definition) is 1. The Balaban J connectivity index is 1.49. The summed E-state index contributed by atoms with van der Waals surface area (Å²) in [6, 6.07) is 0. The number of aromatic nitrogens is 2. The molecule has 0 amide bonds. The highest BCUT2D eigenvalue weighted by Gasteiger charge is 2.39. The van der Waals surface area contributed by atoms with Gasteiger partial charge in [0.05, 0.1) is 5.69 Å². The first kappa shape index (κ1) is 12.0. The Morgan fingerprint density at radius 1 is 1.11 bits per heavy atom. The molecular weight excluding hydrogens is 232 g/mol. The number of nitrogens with one attached hydrogen (secondary N) is 1. The highest BCUT2D eigenvalue weighted by Crippen LogP contribution is 2.49. The molecule has 2 bridgehead atoms. The molecule has 0 radical (unpaired) electrons. The first-order valence-corrected chi connectivity index (χ1v) is 8.25. The number of H-pyrrole nitrogens is 1. The maximum atomic E-state index is 4.93. The number of nitrogens with zero attached hydrogens (tertiary/aromatic N) is 1. The zero-order chi connectivity index (χ0) is 13.0. The molecule has 3 aliphatic carbocycles. The maximum Gasteiger partial charge on any atom is 0.106 e. The molecular formula is C17H26N2. The van der Waals surface area contributed by atoms with Crippen molar-refractivity contribution in [3.63, 3.8) is 0 Å². The highest BCUT2D eigenvalue weighted by molar-refractivity contribution is 5.20. The predicted molar refractivity (Wildman–Crippen MR) is 77.0 cm³/mol. The second kappa shape index (κ2) is 4.36. The van der Waals surface area contributed by atoms with Crippen LogP contribution in [-0.4, -0.2) is 9.97 Å². The lowest BCUT2D eigenvalue weighted by Crippen LogP contribution is -2.20. The van der Waals surface area contributed by atoms with Gasteiger partial charge in [0.1, 0.15) is 5.82 Å². The van der Waals surface area contributed by atoms with Crippen LogP contribution in [0.3, 0.4) is 0 Å². The molecule has 0 aliphatic heterocycles. The standard InChI is InChI=1S/C17H26N2/c1-10-5-15-16(6-11(10)2)19-17(18-15)9-14-8-12-3-4-13(14)7-12/h10-14H,3-9H2,1-2H3,(H,18,19). The summed E-state index contributed by atoms with van der Waals surface area (Å²) in [5.41, 5.74) is 2.83. The highest BCUT2D eigenvalue weighted by atomic mass is 14.9. The average Bonchev–Trinajstić information content (AvgIpc) is 3.05. The van der Waals surface area contributed by atoms with Crippen molar-refractivity contribution in [2.45, 2.75) is 58.8 Å². The Hall–Kier alpha value is -0.790. The molecule has 0 saturated heterocycles. The van der Waals surface area contributed by atoms with E-state index in [2.05, 4.69) is 18.8 Å². The Kier molecular flexibility index (Phi) is 2.75. The van der Waals surface area contributed by atoms with Crippen molar-refractivity contribution < 1.29 is 0 Å². The van der Waals surface area contributed by atoms with E-state index in [4.69, 9.17) is 4.98 Å². The van der Waals surface area contributed by atoms with Crippen molar-refractivity contribution in [3.05, 3.63) is 17.2 Å². The fourth-order valence-corrected chi connectivity index (χ4v) is 4.84. The summed E-state index contributed by atoms with van der Waals surface area (Å²) >= 11 is 0. The van der Waals surface area contributed by atoms with E-state index in [0.29, 0.717) is 0 Å². The van der Waals surface area contributed by atoms with Crippen LogP contribution >= 0.6 is 0 Å². The summed E-state index contributed by atoms with van der Waals surface area (Å²) in [7, 11) is 0. The van der Waals surface area contributed by atoms with E-state index in [9.17, 15) is 0 Å². The van der Waals surface area contributed by atoms with Crippen LogP contribution in [-0.2, 0) is 19.3 Å². The van der Waals surface area contributed by atoms with Crippen molar-refractivity contribution in [1.82, 2.24) is 9.97 Å². The third kappa shape index (κ3) is 2.04. The van der Waals surface area contributed by atoms with Crippen molar-refractivity contribution in [2.75, 3.05) is 0 Å². The largest absolute Gasteiger partial charge is 0.346 e. The third-order valence-electron chi connectivity index (χ3n) is 6.27. The molecule has 104 valence electrons. The molecule has 2 heteroatoms. The quantitative estimate of drug-likeness (QED) is 0.859. The summed E-state index contributed by atoms with van der Waals surface area (Å²) in [5, 5.41) is 0. The minimum absolute atomic E-state index is 0.797. The van der Waals surface area contributed by atoms with Crippen LogP contribution in [0.1, 0.15) is 56.7 Å². The fourth-order valence-electron chi connectivity index (χ4n) is 4.84. The molecule has 0 aromatic carbocycles. The number of fused-ring (bicyclic) bond motifs is 3. The number of aromatic amines is 1. The van der Waals surface area contributed by atoms with Crippen molar-refractivity contribution in [2.24, 2.45) is 29.6 Å². The molecule has 1 heterocycles. The van der Waals surface area contributed by atoms with Gasteiger partial charge in [-0.1, -0.05) is 20.3 Å². The van der Waals surface area contributed by atoms with E-state index in [1.807, 2.05) is 0 Å². The van der Waals surface area contributed by atoms with Crippen LogP contribution in [0.25, 0.3) is 0 Å². The zero-order valence-corrected chi connectivity index (χ0v) is 12.3. The summed E-state index contributed by atoms with van der Waals surface area (Å²) in [5.74, 6) is 5.91. The lowest BCUT2D eigenvalue weighted by Gasteiger charge is -2.24. The second-order valence-corrected chi connectivity index (χ2v) is 7.61. The first-order valence-electron chi connectivity index (χ1n) is 8.25. The maximum absolute atomic E-state index is 4.93. The van der Waals surface area contributed by atoms with Crippen molar-refractivity contribution in [3.8, 4) is 0 Å². The van der Waals surface area contributed by atoms with Gasteiger partial charge in [-0.25, -0.2) is 4.98 Å². The van der Waals surface area contributed by atoms with Crippen LogP contribution in [0.15, 0.2) is 0 Å². The molecule has 3 aliphatic rings. The monoisotopic (exact) mass is 258 g/mol. The first-order chi connectivity index (χ1) is 9.19. The summed E-state index contributed by atoms with van der Waals surface area (Å²) in [4.78, 5) is 8.59. The third-order valence-corrected chi connectivity index (χ3v) is 6.27. The SMILES string of the molecule is CC1Cc2nc(CC3CC4CCC3C4)[nH]c2CC1C. The zero-order valence-electron chi connectivity index (χ0n) is 12.3. The molecule has 19 heavy (non-hydrogen) atoms. The van der Waals surface area contributed by atoms with Crippen LogP contribution in [0.2, 0.25) is 0 Å². The summed E-state index contributed by atoms with van der Waals surface area (Å²) in [6.07, 6.45) is 9.59. The van der Waals surface area contributed by atoms with Gasteiger partial charge in [-0.3, -0.25) is 0 Å².